The van der Waals surface area contributed by atoms with Crippen LogP contribution in [-0.4, -0.2) is 11.2 Å². The maximum absolute atomic E-state index is 13.7. The zero-order valence-electron chi connectivity index (χ0n) is 11.1. The number of aliphatic hydroxyl groups is 1. The number of rotatable bonds is 2. The van der Waals surface area contributed by atoms with Gasteiger partial charge in [0.25, 0.3) is 0 Å². The van der Waals surface area contributed by atoms with Gasteiger partial charge in [-0.1, -0.05) is 36.4 Å². The average Bonchev–Trinajstić information content (AvgIpc) is 2.62. The van der Waals surface area contributed by atoms with E-state index in [1.165, 1.54) is 6.07 Å². The first-order valence-electron chi connectivity index (χ1n) is 6.93. The molecule has 104 valence electrons. The lowest BCUT2D eigenvalue weighted by Gasteiger charge is -2.23. The number of hydrogen-bond donors (Lipinski definition) is 1. The number of para-hydroxylation sites is 1. The standard InChI is InChI=1S/C17H17FO2/c18-14-9-3-4-10-15(14)20-16-11-5-7-12-6-1-2-8-13(12)17(16)19/h1-4,6,8-10,16-17,19H,5,7,11H2. The third-order valence-electron chi connectivity index (χ3n) is 3.78. The Hall–Kier alpha value is -1.87. The molecule has 1 aliphatic rings. The molecule has 2 atom stereocenters. The fourth-order valence-corrected chi connectivity index (χ4v) is 2.73. The highest BCUT2D eigenvalue weighted by Gasteiger charge is 2.27. The van der Waals surface area contributed by atoms with E-state index in [0.717, 1.165) is 24.0 Å². The van der Waals surface area contributed by atoms with Crippen LogP contribution in [0.25, 0.3) is 0 Å². The molecule has 2 aromatic carbocycles. The first-order valence-corrected chi connectivity index (χ1v) is 6.93. The van der Waals surface area contributed by atoms with Crippen LogP contribution in [0.1, 0.15) is 30.1 Å². The number of hydrogen-bond acceptors (Lipinski definition) is 2. The predicted octanol–water partition coefficient (Wildman–Crippen LogP) is 3.64. The van der Waals surface area contributed by atoms with Crippen molar-refractivity contribution in [2.24, 2.45) is 0 Å². The van der Waals surface area contributed by atoms with E-state index in [1.807, 2.05) is 24.3 Å². The second kappa shape index (κ2) is 5.63. The molecule has 2 aromatic rings. The Labute approximate surface area is 117 Å². The van der Waals surface area contributed by atoms with Gasteiger partial charge >= 0.3 is 0 Å². The fourth-order valence-electron chi connectivity index (χ4n) is 2.73. The van der Waals surface area contributed by atoms with E-state index in [-0.39, 0.29) is 5.75 Å². The second-order valence-corrected chi connectivity index (χ2v) is 5.12. The molecular formula is C17H17FO2. The van der Waals surface area contributed by atoms with E-state index in [2.05, 4.69) is 0 Å². The van der Waals surface area contributed by atoms with Crippen molar-refractivity contribution in [3.8, 4) is 5.75 Å². The summed E-state index contributed by atoms with van der Waals surface area (Å²) in [6, 6.07) is 14.2. The number of aliphatic hydroxyl groups excluding tert-OH is 1. The first kappa shape index (κ1) is 13.1. The van der Waals surface area contributed by atoms with E-state index < -0.39 is 18.0 Å². The van der Waals surface area contributed by atoms with Crippen LogP contribution in [-0.2, 0) is 6.42 Å². The molecule has 0 fully saturated rings. The van der Waals surface area contributed by atoms with Crippen molar-refractivity contribution >= 4 is 0 Å². The molecule has 0 bridgehead atoms. The van der Waals surface area contributed by atoms with Crippen molar-refractivity contribution < 1.29 is 14.2 Å². The Morgan fingerprint density at radius 3 is 2.65 bits per heavy atom. The van der Waals surface area contributed by atoms with Gasteiger partial charge in [-0.15, -0.1) is 0 Å². The molecule has 0 saturated heterocycles. The number of ether oxygens (including phenoxy) is 1. The topological polar surface area (TPSA) is 29.5 Å². The second-order valence-electron chi connectivity index (χ2n) is 5.12. The monoisotopic (exact) mass is 272 g/mol. The van der Waals surface area contributed by atoms with Gasteiger partial charge in [-0.25, -0.2) is 4.39 Å². The number of aryl methyl sites for hydroxylation is 1. The molecule has 0 radical (unpaired) electrons. The summed E-state index contributed by atoms with van der Waals surface area (Å²) in [7, 11) is 0. The number of halogens is 1. The lowest BCUT2D eigenvalue weighted by Crippen LogP contribution is -2.25. The van der Waals surface area contributed by atoms with Crippen LogP contribution < -0.4 is 4.74 Å². The molecule has 2 nitrogen and oxygen atoms in total. The van der Waals surface area contributed by atoms with Crippen molar-refractivity contribution in [2.75, 3.05) is 0 Å². The average molecular weight is 272 g/mol. The van der Waals surface area contributed by atoms with Crippen molar-refractivity contribution in [3.05, 3.63) is 65.5 Å². The summed E-state index contributed by atoms with van der Waals surface area (Å²) in [5, 5.41) is 10.5. The molecule has 0 aliphatic heterocycles. The molecule has 0 amide bonds. The summed E-state index contributed by atoms with van der Waals surface area (Å²) in [4.78, 5) is 0. The van der Waals surface area contributed by atoms with Crippen LogP contribution in [0.4, 0.5) is 4.39 Å². The molecule has 1 aliphatic carbocycles. The maximum Gasteiger partial charge on any atom is 0.165 e. The quantitative estimate of drug-likeness (QED) is 0.846. The molecule has 20 heavy (non-hydrogen) atoms. The molecule has 0 heterocycles. The van der Waals surface area contributed by atoms with Crippen molar-refractivity contribution in [1.82, 2.24) is 0 Å². The van der Waals surface area contributed by atoms with Gasteiger partial charge in [0.1, 0.15) is 12.2 Å². The minimum Gasteiger partial charge on any atom is -0.484 e. The zero-order chi connectivity index (χ0) is 13.9. The predicted molar refractivity (Wildman–Crippen MR) is 75.2 cm³/mol. The van der Waals surface area contributed by atoms with Crippen LogP contribution in [0.5, 0.6) is 5.75 Å². The number of benzene rings is 2. The Morgan fingerprint density at radius 2 is 1.80 bits per heavy atom. The minimum absolute atomic E-state index is 0.205. The van der Waals surface area contributed by atoms with Gasteiger partial charge in [-0.2, -0.15) is 0 Å². The summed E-state index contributed by atoms with van der Waals surface area (Å²) >= 11 is 0. The summed E-state index contributed by atoms with van der Waals surface area (Å²) in [6.07, 6.45) is 1.44. The lowest BCUT2D eigenvalue weighted by atomic mass is 10.0. The van der Waals surface area contributed by atoms with Crippen LogP contribution >= 0.6 is 0 Å². The lowest BCUT2D eigenvalue weighted by molar-refractivity contribution is 0.0298. The first-order chi connectivity index (χ1) is 9.75. The molecule has 0 aromatic heterocycles. The van der Waals surface area contributed by atoms with E-state index in [1.54, 1.807) is 18.2 Å². The van der Waals surface area contributed by atoms with Gasteiger partial charge in [0, 0.05) is 0 Å². The highest BCUT2D eigenvalue weighted by molar-refractivity contribution is 5.32. The summed E-state index contributed by atoms with van der Waals surface area (Å²) in [5.41, 5.74) is 2.05. The molecule has 2 unspecified atom stereocenters. The molecule has 3 rings (SSSR count). The third kappa shape index (κ3) is 2.54. The molecule has 0 spiro atoms. The van der Waals surface area contributed by atoms with Crippen LogP contribution in [0, 0.1) is 5.82 Å². The molecule has 0 saturated carbocycles. The Morgan fingerprint density at radius 1 is 1.05 bits per heavy atom. The largest absolute Gasteiger partial charge is 0.484 e. The molecular weight excluding hydrogens is 255 g/mol. The van der Waals surface area contributed by atoms with Crippen molar-refractivity contribution in [2.45, 2.75) is 31.5 Å². The van der Waals surface area contributed by atoms with Crippen LogP contribution in [0.2, 0.25) is 0 Å². The zero-order valence-corrected chi connectivity index (χ0v) is 11.1. The van der Waals surface area contributed by atoms with Gasteiger partial charge in [-0.05, 0) is 42.5 Å². The Kier molecular flexibility index (Phi) is 3.70. The van der Waals surface area contributed by atoms with Gasteiger partial charge < -0.3 is 9.84 Å². The number of fused-ring (bicyclic) bond motifs is 1. The van der Waals surface area contributed by atoms with E-state index >= 15 is 0 Å². The highest BCUT2D eigenvalue weighted by Crippen LogP contribution is 2.32. The van der Waals surface area contributed by atoms with Gasteiger partial charge in [-0.3, -0.25) is 0 Å². The van der Waals surface area contributed by atoms with Gasteiger partial charge in [0.15, 0.2) is 11.6 Å². The van der Waals surface area contributed by atoms with Crippen LogP contribution in [0.15, 0.2) is 48.5 Å². The smallest absolute Gasteiger partial charge is 0.165 e. The molecule has 1 N–H and O–H groups in total. The SMILES string of the molecule is OC1c2ccccc2CCCC1Oc1ccccc1F. The molecule has 3 heteroatoms. The Balaban J connectivity index is 1.86. The van der Waals surface area contributed by atoms with Crippen molar-refractivity contribution in [1.29, 1.82) is 0 Å². The van der Waals surface area contributed by atoms with Crippen molar-refractivity contribution in [3.63, 3.8) is 0 Å². The normalized spacial score (nSPS) is 21.9. The van der Waals surface area contributed by atoms with E-state index in [0.29, 0.717) is 6.42 Å². The summed E-state index contributed by atoms with van der Waals surface area (Å²) in [6.45, 7) is 0. The van der Waals surface area contributed by atoms with E-state index in [4.69, 9.17) is 4.74 Å². The maximum atomic E-state index is 13.7. The Bertz CT molecular complexity index is 597. The van der Waals surface area contributed by atoms with E-state index in [9.17, 15) is 9.50 Å². The van der Waals surface area contributed by atoms with Crippen LogP contribution in [0.3, 0.4) is 0 Å². The van der Waals surface area contributed by atoms with Gasteiger partial charge in [0.05, 0.1) is 0 Å². The summed E-state index contributed by atoms with van der Waals surface area (Å²) in [5.74, 6) is -0.187. The fraction of sp³-hybridized carbons (Fsp3) is 0.294. The highest BCUT2D eigenvalue weighted by atomic mass is 19.1. The summed E-state index contributed by atoms with van der Waals surface area (Å²) < 4.78 is 19.4. The van der Waals surface area contributed by atoms with Gasteiger partial charge in [0.2, 0.25) is 0 Å². The third-order valence-corrected chi connectivity index (χ3v) is 3.78. The minimum atomic E-state index is -0.715.